The summed E-state index contributed by atoms with van der Waals surface area (Å²) in [5, 5.41) is 11.1. The van der Waals surface area contributed by atoms with E-state index in [1.165, 1.54) is 0 Å². The van der Waals surface area contributed by atoms with Gasteiger partial charge in [0, 0.05) is 10.6 Å². The Morgan fingerprint density at radius 2 is 1.90 bits per heavy atom. The van der Waals surface area contributed by atoms with Crippen molar-refractivity contribution in [3.8, 4) is 11.5 Å². The SMILES string of the molecule is CCOc1ccc(C(O)c2cc(Cl)cc(Br)c2OC)cc1. The maximum atomic E-state index is 10.6. The molecule has 0 spiro atoms. The molecular weight excluding hydrogens is 356 g/mol. The van der Waals surface area contributed by atoms with Crippen LogP contribution in [0.4, 0.5) is 0 Å². The number of hydrogen-bond acceptors (Lipinski definition) is 3. The van der Waals surface area contributed by atoms with Gasteiger partial charge in [-0.1, -0.05) is 23.7 Å². The van der Waals surface area contributed by atoms with Gasteiger partial charge in [-0.2, -0.15) is 0 Å². The largest absolute Gasteiger partial charge is 0.495 e. The molecule has 0 saturated heterocycles. The fourth-order valence-corrected chi connectivity index (χ4v) is 3.09. The molecule has 0 bridgehead atoms. The molecule has 1 N–H and O–H groups in total. The molecule has 0 aromatic heterocycles. The van der Waals surface area contributed by atoms with Gasteiger partial charge in [-0.3, -0.25) is 0 Å². The summed E-state index contributed by atoms with van der Waals surface area (Å²) in [5.41, 5.74) is 1.35. The van der Waals surface area contributed by atoms with E-state index in [1.54, 1.807) is 19.2 Å². The maximum absolute atomic E-state index is 10.6. The molecule has 2 rings (SSSR count). The quantitative estimate of drug-likeness (QED) is 0.835. The van der Waals surface area contributed by atoms with E-state index >= 15 is 0 Å². The van der Waals surface area contributed by atoms with Gasteiger partial charge < -0.3 is 14.6 Å². The van der Waals surface area contributed by atoms with E-state index in [9.17, 15) is 5.11 Å². The van der Waals surface area contributed by atoms with Gasteiger partial charge in [-0.25, -0.2) is 0 Å². The van der Waals surface area contributed by atoms with Crippen molar-refractivity contribution in [2.45, 2.75) is 13.0 Å². The number of hydrogen-bond donors (Lipinski definition) is 1. The maximum Gasteiger partial charge on any atom is 0.139 e. The van der Waals surface area contributed by atoms with Crippen LogP contribution in [0, 0.1) is 0 Å². The highest BCUT2D eigenvalue weighted by molar-refractivity contribution is 9.10. The number of benzene rings is 2. The highest BCUT2D eigenvalue weighted by atomic mass is 79.9. The van der Waals surface area contributed by atoms with Crippen LogP contribution in [0.15, 0.2) is 40.9 Å². The van der Waals surface area contributed by atoms with E-state index in [-0.39, 0.29) is 0 Å². The van der Waals surface area contributed by atoms with Crippen LogP contribution in [0.25, 0.3) is 0 Å². The normalized spacial score (nSPS) is 12.0. The minimum absolute atomic E-state index is 0.530. The van der Waals surface area contributed by atoms with Gasteiger partial charge in [0.15, 0.2) is 0 Å². The lowest BCUT2D eigenvalue weighted by molar-refractivity contribution is 0.214. The Bertz CT molecular complexity index is 614. The van der Waals surface area contributed by atoms with Crippen LogP contribution in [-0.4, -0.2) is 18.8 Å². The highest BCUT2D eigenvalue weighted by Crippen LogP contribution is 2.38. The molecule has 21 heavy (non-hydrogen) atoms. The summed E-state index contributed by atoms with van der Waals surface area (Å²) < 4.78 is 11.4. The van der Waals surface area contributed by atoms with Crippen molar-refractivity contribution in [3.63, 3.8) is 0 Å². The van der Waals surface area contributed by atoms with Crippen molar-refractivity contribution in [1.29, 1.82) is 0 Å². The molecule has 0 aliphatic carbocycles. The zero-order chi connectivity index (χ0) is 15.4. The predicted molar refractivity (Wildman–Crippen MR) is 87.4 cm³/mol. The predicted octanol–water partition coefficient (Wildman–Crippen LogP) is 4.59. The molecule has 112 valence electrons. The van der Waals surface area contributed by atoms with Gasteiger partial charge >= 0.3 is 0 Å². The number of ether oxygens (including phenoxy) is 2. The molecule has 0 saturated carbocycles. The van der Waals surface area contributed by atoms with E-state index in [0.717, 1.165) is 11.3 Å². The lowest BCUT2D eigenvalue weighted by atomic mass is 10.0. The van der Waals surface area contributed by atoms with Crippen LogP contribution in [0.1, 0.15) is 24.2 Å². The van der Waals surface area contributed by atoms with Gasteiger partial charge in [0.25, 0.3) is 0 Å². The number of halogens is 2. The first-order chi connectivity index (χ1) is 10.1. The summed E-state index contributed by atoms with van der Waals surface area (Å²) in [4.78, 5) is 0. The van der Waals surface area contributed by atoms with Crippen LogP contribution >= 0.6 is 27.5 Å². The van der Waals surface area contributed by atoms with E-state index in [0.29, 0.717) is 27.4 Å². The Kier molecular flexibility index (Phi) is 5.51. The van der Waals surface area contributed by atoms with Crippen molar-refractivity contribution < 1.29 is 14.6 Å². The van der Waals surface area contributed by atoms with Crippen LogP contribution in [0.3, 0.4) is 0 Å². The Labute approximate surface area is 137 Å². The molecule has 0 aliphatic heterocycles. The van der Waals surface area contributed by atoms with Crippen molar-refractivity contribution in [1.82, 2.24) is 0 Å². The Morgan fingerprint density at radius 1 is 1.24 bits per heavy atom. The topological polar surface area (TPSA) is 38.7 Å². The van der Waals surface area contributed by atoms with Crippen molar-refractivity contribution in [2.24, 2.45) is 0 Å². The molecule has 0 radical (unpaired) electrons. The second-order valence-electron chi connectivity index (χ2n) is 4.41. The zero-order valence-corrected chi connectivity index (χ0v) is 14.1. The molecule has 1 atom stereocenters. The van der Waals surface area contributed by atoms with Crippen LogP contribution in [0.5, 0.6) is 11.5 Å². The smallest absolute Gasteiger partial charge is 0.139 e. The molecule has 2 aromatic carbocycles. The van der Waals surface area contributed by atoms with Crippen molar-refractivity contribution >= 4 is 27.5 Å². The first kappa shape index (κ1) is 16.1. The molecule has 0 aliphatic rings. The Balaban J connectivity index is 2.37. The Morgan fingerprint density at radius 3 is 2.48 bits per heavy atom. The van der Waals surface area contributed by atoms with Crippen molar-refractivity contribution in [2.75, 3.05) is 13.7 Å². The fourth-order valence-electron chi connectivity index (χ4n) is 2.09. The molecule has 0 fully saturated rings. The van der Waals surface area contributed by atoms with Gasteiger partial charge in [0.2, 0.25) is 0 Å². The first-order valence-electron chi connectivity index (χ1n) is 6.50. The summed E-state index contributed by atoms with van der Waals surface area (Å²) in [6.45, 7) is 2.54. The first-order valence-corrected chi connectivity index (χ1v) is 7.67. The lowest BCUT2D eigenvalue weighted by Crippen LogP contribution is -2.03. The van der Waals surface area contributed by atoms with Crippen LogP contribution in [-0.2, 0) is 0 Å². The highest BCUT2D eigenvalue weighted by Gasteiger charge is 2.18. The van der Waals surface area contributed by atoms with Gasteiger partial charge in [-0.15, -0.1) is 0 Å². The minimum atomic E-state index is -0.828. The van der Waals surface area contributed by atoms with Gasteiger partial charge in [0.1, 0.15) is 17.6 Å². The minimum Gasteiger partial charge on any atom is -0.495 e. The molecule has 3 nitrogen and oxygen atoms in total. The monoisotopic (exact) mass is 370 g/mol. The van der Waals surface area contributed by atoms with Crippen LogP contribution < -0.4 is 9.47 Å². The van der Waals surface area contributed by atoms with Gasteiger partial charge in [0.05, 0.1) is 18.2 Å². The van der Waals surface area contributed by atoms with Crippen molar-refractivity contribution in [3.05, 3.63) is 57.0 Å². The third kappa shape index (κ3) is 3.70. The van der Waals surface area contributed by atoms with E-state index < -0.39 is 6.10 Å². The third-order valence-electron chi connectivity index (χ3n) is 3.04. The zero-order valence-electron chi connectivity index (χ0n) is 11.8. The summed E-state index contributed by atoms with van der Waals surface area (Å²) in [7, 11) is 1.56. The number of rotatable bonds is 5. The molecular formula is C16H16BrClO3. The van der Waals surface area contributed by atoms with Gasteiger partial charge in [-0.05, 0) is 52.7 Å². The average molecular weight is 372 g/mol. The summed E-state index contributed by atoms with van der Waals surface area (Å²) >= 11 is 9.45. The third-order valence-corrected chi connectivity index (χ3v) is 3.85. The second-order valence-corrected chi connectivity index (χ2v) is 5.71. The number of aliphatic hydroxyl groups is 1. The summed E-state index contributed by atoms with van der Waals surface area (Å²) in [6, 6.07) is 10.7. The lowest BCUT2D eigenvalue weighted by Gasteiger charge is -2.17. The van der Waals surface area contributed by atoms with E-state index in [1.807, 2.05) is 31.2 Å². The fraction of sp³-hybridized carbons (Fsp3) is 0.250. The number of aliphatic hydroxyl groups excluding tert-OH is 1. The molecule has 1 unspecified atom stereocenters. The van der Waals surface area contributed by atoms with E-state index in [2.05, 4.69) is 15.9 Å². The summed E-state index contributed by atoms with van der Waals surface area (Å²) in [6.07, 6.45) is -0.828. The van der Waals surface area contributed by atoms with E-state index in [4.69, 9.17) is 21.1 Å². The molecule has 0 heterocycles. The summed E-state index contributed by atoms with van der Waals surface area (Å²) in [5.74, 6) is 1.34. The average Bonchev–Trinajstić information content (AvgIpc) is 2.47. The standard InChI is InChI=1S/C16H16BrClO3/c1-3-21-12-6-4-10(5-7-12)15(19)13-8-11(18)9-14(17)16(13)20-2/h4-9,15,19H,3H2,1-2H3. The number of methoxy groups -OCH3 is 1. The molecule has 2 aromatic rings. The second kappa shape index (κ2) is 7.16. The molecule has 0 amide bonds. The van der Waals surface area contributed by atoms with Crippen LogP contribution in [0.2, 0.25) is 5.02 Å². The molecule has 5 heteroatoms. The Hall–Kier alpha value is -1.23.